The lowest BCUT2D eigenvalue weighted by molar-refractivity contribution is 0.338. The molecular weight excluding hydrogens is 237 g/mol. The van der Waals surface area contributed by atoms with Gasteiger partial charge in [0.05, 0.1) is 6.61 Å². The molecule has 1 aromatic rings. The first-order chi connectivity index (χ1) is 7.51. The number of isocyanates is 1. The lowest BCUT2D eigenvalue weighted by atomic mass is 10.3. The summed E-state index contributed by atoms with van der Waals surface area (Å²) >= 11 is 0. The minimum atomic E-state index is -4.02. The van der Waals surface area contributed by atoms with Crippen LogP contribution in [0.5, 0.6) is 0 Å². The van der Waals surface area contributed by atoms with Crippen molar-refractivity contribution in [2.45, 2.75) is 11.8 Å². The predicted octanol–water partition coefficient (Wildman–Crippen LogP) is 1.52. The molecule has 0 N–H and O–H groups in total. The molecule has 0 aliphatic heterocycles. The Balaban J connectivity index is 3.39. The Morgan fingerprint density at radius 2 is 2.19 bits per heavy atom. The molecule has 7 heteroatoms. The summed E-state index contributed by atoms with van der Waals surface area (Å²) in [6, 6.07) is 2.74. The minimum absolute atomic E-state index is 0.0655. The third-order valence-electron chi connectivity index (χ3n) is 1.63. The van der Waals surface area contributed by atoms with Gasteiger partial charge in [0.1, 0.15) is 16.4 Å². The van der Waals surface area contributed by atoms with Crippen LogP contribution in [0.2, 0.25) is 0 Å². The Morgan fingerprint density at radius 1 is 1.50 bits per heavy atom. The third kappa shape index (κ3) is 2.73. The maximum atomic E-state index is 12.8. The fraction of sp³-hybridized carbons (Fsp3) is 0.222. The average molecular weight is 245 g/mol. The van der Waals surface area contributed by atoms with E-state index in [9.17, 15) is 17.6 Å². The third-order valence-corrected chi connectivity index (χ3v) is 3.06. The van der Waals surface area contributed by atoms with E-state index in [2.05, 4.69) is 9.18 Å². The molecule has 0 radical (unpaired) electrons. The summed E-state index contributed by atoms with van der Waals surface area (Å²) in [6.45, 7) is 1.42. The lowest BCUT2D eigenvalue weighted by Crippen LogP contribution is -2.06. The highest BCUT2D eigenvalue weighted by molar-refractivity contribution is 7.87. The number of nitrogens with zero attached hydrogens (tertiary/aromatic N) is 1. The Labute approximate surface area is 91.7 Å². The largest absolute Gasteiger partial charge is 0.299 e. The zero-order valence-electron chi connectivity index (χ0n) is 8.31. The highest BCUT2D eigenvalue weighted by Crippen LogP contribution is 2.26. The summed E-state index contributed by atoms with van der Waals surface area (Å²) in [4.78, 5) is 12.8. The molecule has 0 bridgehead atoms. The van der Waals surface area contributed by atoms with Gasteiger partial charge >= 0.3 is 0 Å². The van der Waals surface area contributed by atoms with Crippen molar-refractivity contribution in [3.05, 3.63) is 24.0 Å². The van der Waals surface area contributed by atoms with Crippen LogP contribution in [0.1, 0.15) is 6.92 Å². The molecule has 0 aromatic heterocycles. The summed E-state index contributed by atoms with van der Waals surface area (Å²) in [5.41, 5.74) is -0.330. The Morgan fingerprint density at radius 3 is 2.75 bits per heavy atom. The molecule has 0 aliphatic carbocycles. The van der Waals surface area contributed by atoms with E-state index in [-0.39, 0.29) is 17.2 Å². The normalized spacial score (nSPS) is 10.9. The van der Waals surface area contributed by atoms with E-state index in [4.69, 9.17) is 0 Å². The summed E-state index contributed by atoms with van der Waals surface area (Å²) in [5, 5.41) is 0. The molecule has 0 amide bonds. The van der Waals surface area contributed by atoms with Crippen LogP contribution in [0, 0.1) is 5.82 Å². The molecule has 0 fully saturated rings. The fourth-order valence-corrected chi connectivity index (χ4v) is 2.09. The number of hydrogen-bond acceptors (Lipinski definition) is 5. The zero-order valence-corrected chi connectivity index (χ0v) is 9.12. The van der Waals surface area contributed by atoms with E-state index in [1.807, 2.05) is 0 Å². The van der Waals surface area contributed by atoms with Crippen LogP contribution in [0.15, 0.2) is 28.1 Å². The quantitative estimate of drug-likeness (QED) is 0.458. The van der Waals surface area contributed by atoms with E-state index in [1.165, 1.54) is 6.92 Å². The highest BCUT2D eigenvalue weighted by Gasteiger charge is 2.19. The second-order valence-electron chi connectivity index (χ2n) is 2.68. The predicted molar refractivity (Wildman–Crippen MR) is 53.0 cm³/mol. The van der Waals surface area contributed by atoms with Gasteiger partial charge in [0.2, 0.25) is 6.08 Å². The van der Waals surface area contributed by atoms with Crippen LogP contribution in [0.3, 0.4) is 0 Å². The van der Waals surface area contributed by atoms with Gasteiger partial charge in [0, 0.05) is 6.07 Å². The first-order valence-corrected chi connectivity index (χ1v) is 5.69. The number of hydrogen-bond donors (Lipinski definition) is 0. The van der Waals surface area contributed by atoms with Crippen LogP contribution in [-0.2, 0) is 19.1 Å². The minimum Gasteiger partial charge on any atom is -0.267 e. The molecule has 0 atom stereocenters. The van der Waals surface area contributed by atoms with Crippen molar-refractivity contribution in [2.75, 3.05) is 6.61 Å². The molecule has 0 saturated carbocycles. The van der Waals surface area contributed by atoms with Gasteiger partial charge in [-0.15, -0.1) is 0 Å². The SMILES string of the molecule is CCOS(=O)(=O)c1ccc(F)cc1N=C=O. The first kappa shape index (κ1) is 12.5. The van der Waals surface area contributed by atoms with Gasteiger partial charge in [0.15, 0.2) is 0 Å². The van der Waals surface area contributed by atoms with Gasteiger partial charge in [-0.25, -0.2) is 9.18 Å². The van der Waals surface area contributed by atoms with Gasteiger partial charge in [-0.2, -0.15) is 13.4 Å². The van der Waals surface area contributed by atoms with Crippen molar-refractivity contribution in [1.29, 1.82) is 0 Å². The molecule has 1 aromatic carbocycles. The van der Waals surface area contributed by atoms with Crippen LogP contribution in [-0.4, -0.2) is 21.1 Å². The molecule has 16 heavy (non-hydrogen) atoms. The standard InChI is InChI=1S/C9H8FNO4S/c1-2-15-16(13,14)9-4-3-7(10)5-8(9)11-6-12/h3-5H,2H2,1H3. The van der Waals surface area contributed by atoms with E-state index >= 15 is 0 Å². The van der Waals surface area contributed by atoms with Crippen LogP contribution in [0.4, 0.5) is 10.1 Å². The second-order valence-corrected chi connectivity index (χ2v) is 4.26. The van der Waals surface area contributed by atoms with E-state index in [0.29, 0.717) is 0 Å². The molecule has 0 aliphatic rings. The second kappa shape index (κ2) is 4.98. The Bertz CT molecular complexity index is 534. The van der Waals surface area contributed by atoms with Crippen molar-refractivity contribution in [2.24, 2.45) is 4.99 Å². The number of benzene rings is 1. The van der Waals surface area contributed by atoms with Gasteiger partial charge in [0.25, 0.3) is 10.1 Å². The van der Waals surface area contributed by atoms with Gasteiger partial charge in [-0.05, 0) is 19.1 Å². The summed E-state index contributed by atoms with van der Waals surface area (Å²) in [6.07, 6.45) is 1.15. The summed E-state index contributed by atoms with van der Waals surface area (Å²) in [7, 11) is -4.02. The lowest BCUT2D eigenvalue weighted by Gasteiger charge is -2.05. The van der Waals surface area contributed by atoms with Crippen LogP contribution < -0.4 is 0 Å². The molecule has 86 valence electrons. The smallest absolute Gasteiger partial charge is 0.267 e. The monoisotopic (exact) mass is 245 g/mol. The molecule has 1 rings (SSSR count). The van der Waals surface area contributed by atoms with Crippen LogP contribution in [0.25, 0.3) is 0 Å². The van der Waals surface area contributed by atoms with E-state index < -0.39 is 15.9 Å². The van der Waals surface area contributed by atoms with Gasteiger partial charge in [-0.3, -0.25) is 4.18 Å². The van der Waals surface area contributed by atoms with E-state index in [0.717, 1.165) is 24.3 Å². The zero-order chi connectivity index (χ0) is 12.2. The Hall–Kier alpha value is -1.56. The summed E-state index contributed by atoms with van der Waals surface area (Å²) < 4.78 is 40.3. The van der Waals surface area contributed by atoms with Crippen molar-refractivity contribution in [1.82, 2.24) is 0 Å². The average Bonchev–Trinajstić information content (AvgIpc) is 2.17. The van der Waals surface area contributed by atoms with Crippen molar-refractivity contribution in [3.63, 3.8) is 0 Å². The van der Waals surface area contributed by atoms with Gasteiger partial charge in [-0.1, -0.05) is 0 Å². The maximum Gasteiger partial charge on any atom is 0.299 e. The summed E-state index contributed by atoms with van der Waals surface area (Å²) in [5.74, 6) is -0.704. The Kier molecular flexibility index (Phi) is 3.89. The number of carbonyl (C=O) groups excluding carboxylic acids is 1. The fourth-order valence-electron chi connectivity index (χ4n) is 1.06. The molecular formula is C9H8FNO4S. The number of halogens is 1. The molecule has 0 saturated heterocycles. The van der Waals surface area contributed by atoms with Crippen molar-refractivity contribution >= 4 is 21.9 Å². The molecule has 0 spiro atoms. The maximum absolute atomic E-state index is 12.8. The molecule has 0 heterocycles. The molecule has 0 unspecified atom stereocenters. The molecule has 5 nitrogen and oxygen atoms in total. The van der Waals surface area contributed by atoms with E-state index in [1.54, 1.807) is 0 Å². The number of rotatable bonds is 4. The topological polar surface area (TPSA) is 72.8 Å². The number of aliphatic imine (C=N–C) groups is 1. The van der Waals surface area contributed by atoms with Crippen molar-refractivity contribution in [3.8, 4) is 0 Å². The van der Waals surface area contributed by atoms with Crippen LogP contribution >= 0.6 is 0 Å². The van der Waals surface area contributed by atoms with Gasteiger partial charge < -0.3 is 0 Å². The van der Waals surface area contributed by atoms with Crippen molar-refractivity contribution < 1.29 is 21.8 Å². The first-order valence-electron chi connectivity index (χ1n) is 4.28. The highest BCUT2D eigenvalue weighted by atomic mass is 32.2.